The highest BCUT2D eigenvalue weighted by molar-refractivity contribution is 5.78. The number of nitrogens with zero attached hydrogens (tertiary/aromatic N) is 1. The van der Waals surface area contributed by atoms with Crippen molar-refractivity contribution in [2.75, 3.05) is 26.2 Å². The van der Waals surface area contributed by atoms with E-state index >= 15 is 0 Å². The van der Waals surface area contributed by atoms with Crippen molar-refractivity contribution in [3.63, 3.8) is 0 Å². The molecule has 1 aliphatic rings. The number of carbonyl (C=O) groups is 1. The van der Waals surface area contributed by atoms with Gasteiger partial charge in [-0.1, -0.05) is 12.1 Å². The summed E-state index contributed by atoms with van der Waals surface area (Å²) in [5, 5.41) is 12.9. The van der Waals surface area contributed by atoms with Gasteiger partial charge in [-0.05, 0) is 37.6 Å². The summed E-state index contributed by atoms with van der Waals surface area (Å²) in [7, 11) is 0. The fourth-order valence-corrected chi connectivity index (χ4v) is 2.66. The molecule has 1 fully saturated rings. The number of benzene rings is 1. The van der Waals surface area contributed by atoms with E-state index in [9.17, 15) is 14.3 Å². The second kappa shape index (κ2) is 6.33. The predicted octanol–water partition coefficient (Wildman–Crippen LogP) is 1.51. The maximum absolute atomic E-state index is 13.0. The van der Waals surface area contributed by atoms with Crippen LogP contribution >= 0.6 is 0 Å². The Bertz CT molecular complexity index is 455. The molecule has 2 N–H and O–H groups in total. The lowest BCUT2D eigenvalue weighted by molar-refractivity contribution is -0.150. The summed E-state index contributed by atoms with van der Waals surface area (Å²) < 4.78 is 13.0. The van der Waals surface area contributed by atoms with Crippen LogP contribution in [0.4, 0.5) is 4.39 Å². The standard InChI is InChI=1S/C15H21FN2O2/c1-15(14(19)20,18-9-2-7-17-8-10-18)11-12-3-5-13(16)6-4-12/h3-6,17H,2,7-11H2,1H3,(H,19,20). The molecule has 1 saturated heterocycles. The van der Waals surface area contributed by atoms with Crippen molar-refractivity contribution in [1.29, 1.82) is 0 Å². The lowest BCUT2D eigenvalue weighted by atomic mass is 9.90. The number of hydrogen-bond acceptors (Lipinski definition) is 3. The third-order valence-electron chi connectivity index (χ3n) is 3.96. The van der Waals surface area contributed by atoms with Crippen LogP contribution < -0.4 is 5.32 Å². The van der Waals surface area contributed by atoms with Crippen molar-refractivity contribution in [2.24, 2.45) is 0 Å². The third kappa shape index (κ3) is 3.35. The van der Waals surface area contributed by atoms with Gasteiger partial charge in [0.25, 0.3) is 0 Å². The van der Waals surface area contributed by atoms with Gasteiger partial charge in [0, 0.05) is 26.1 Å². The quantitative estimate of drug-likeness (QED) is 0.878. The van der Waals surface area contributed by atoms with Crippen molar-refractivity contribution in [1.82, 2.24) is 10.2 Å². The summed E-state index contributed by atoms with van der Waals surface area (Å²) in [6.45, 7) is 4.94. The summed E-state index contributed by atoms with van der Waals surface area (Å²) in [4.78, 5) is 13.8. The van der Waals surface area contributed by atoms with E-state index in [-0.39, 0.29) is 5.82 Å². The zero-order chi connectivity index (χ0) is 14.6. The van der Waals surface area contributed by atoms with Gasteiger partial charge in [0.15, 0.2) is 0 Å². The normalized spacial score (nSPS) is 20.1. The molecule has 0 amide bonds. The van der Waals surface area contributed by atoms with Crippen molar-refractivity contribution in [3.05, 3.63) is 35.6 Å². The molecule has 110 valence electrons. The van der Waals surface area contributed by atoms with Gasteiger partial charge >= 0.3 is 5.97 Å². The third-order valence-corrected chi connectivity index (χ3v) is 3.96. The molecule has 1 atom stereocenters. The molecule has 0 saturated carbocycles. The Kier molecular flexibility index (Phi) is 4.73. The summed E-state index contributed by atoms with van der Waals surface area (Å²) in [6.07, 6.45) is 1.31. The Morgan fingerprint density at radius 2 is 2.05 bits per heavy atom. The Balaban J connectivity index is 2.19. The van der Waals surface area contributed by atoms with Crippen LogP contribution in [0.1, 0.15) is 18.9 Å². The summed E-state index contributed by atoms with van der Waals surface area (Å²) in [6, 6.07) is 6.07. The van der Waals surface area contributed by atoms with E-state index in [2.05, 4.69) is 5.32 Å². The topological polar surface area (TPSA) is 52.6 Å². The van der Waals surface area contributed by atoms with E-state index in [0.29, 0.717) is 13.0 Å². The molecule has 1 aliphatic heterocycles. The fourth-order valence-electron chi connectivity index (χ4n) is 2.66. The number of aliphatic carboxylic acids is 1. The van der Waals surface area contributed by atoms with E-state index < -0.39 is 11.5 Å². The van der Waals surface area contributed by atoms with Crippen molar-refractivity contribution in [3.8, 4) is 0 Å². The molecule has 4 nitrogen and oxygen atoms in total. The van der Waals surface area contributed by atoms with Crippen molar-refractivity contribution in [2.45, 2.75) is 25.3 Å². The average Bonchev–Trinajstić information content (AvgIpc) is 2.70. The van der Waals surface area contributed by atoms with E-state index in [1.54, 1.807) is 19.1 Å². The molecule has 0 radical (unpaired) electrons. The van der Waals surface area contributed by atoms with Crippen LogP contribution in [0.25, 0.3) is 0 Å². The van der Waals surface area contributed by atoms with Crippen LogP contribution in [0.5, 0.6) is 0 Å². The van der Waals surface area contributed by atoms with Gasteiger partial charge < -0.3 is 10.4 Å². The second-order valence-corrected chi connectivity index (χ2v) is 5.47. The molecular formula is C15H21FN2O2. The van der Waals surface area contributed by atoms with Gasteiger partial charge in [-0.25, -0.2) is 4.39 Å². The molecule has 1 aromatic rings. The first kappa shape index (κ1) is 14.9. The second-order valence-electron chi connectivity index (χ2n) is 5.47. The highest BCUT2D eigenvalue weighted by Crippen LogP contribution is 2.22. The minimum atomic E-state index is -0.955. The largest absolute Gasteiger partial charge is 0.480 e. The molecule has 0 bridgehead atoms. The molecule has 0 aliphatic carbocycles. The van der Waals surface area contributed by atoms with Gasteiger partial charge in [0.2, 0.25) is 0 Å². The van der Waals surface area contributed by atoms with Gasteiger partial charge in [0.1, 0.15) is 11.4 Å². The van der Waals surface area contributed by atoms with Crippen LogP contribution in [-0.2, 0) is 11.2 Å². The molecule has 1 aromatic carbocycles. The van der Waals surface area contributed by atoms with Crippen LogP contribution in [0, 0.1) is 5.82 Å². The SMILES string of the molecule is CC(Cc1ccc(F)cc1)(C(=O)O)N1CCCNCC1. The van der Waals surface area contributed by atoms with E-state index in [1.807, 2.05) is 4.90 Å². The molecule has 1 heterocycles. The summed E-state index contributed by atoms with van der Waals surface area (Å²) in [5.41, 5.74) is -0.113. The maximum atomic E-state index is 13.0. The first-order valence-corrected chi connectivity index (χ1v) is 6.96. The first-order valence-electron chi connectivity index (χ1n) is 6.96. The van der Waals surface area contributed by atoms with E-state index in [0.717, 1.165) is 31.6 Å². The Morgan fingerprint density at radius 1 is 1.35 bits per heavy atom. The van der Waals surface area contributed by atoms with E-state index in [1.165, 1.54) is 12.1 Å². The van der Waals surface area contributed by atoms with Crippen LogP contribution in [0.15, 0.2) is 24.3 Å². The van der Waals surface area contributed by atoms with Crippen molar-refractivity contribution >= 4 is 5.97 Å². The van der Waals surface area contributed by atoms with Gasteiger partial charge in [-0.2, -0.15) is 0 Å². The number of carboxylic acid groups (broad SMARTS) is 1. The van der Waals surface area contributed by atoms with Crippen LogP contribution in [0.2, 0.25) is 0 Å². The average molecular weight is 280 g/mol. The molecule has 1 unspecified atom stereocenters. The van der Waals surface area contributed by atoms with Crippen LogP contribution in [-0.4, -0.2) is 47.7 Å². The van der Waals surface area contributed by atoms with Gasteiger partial charge in [-0.15, -0.1) is 0 Å². The molecular weight excluding hydrogens is 259 g/mol. The smallest absolute Gasteiger partial charge is 0.324 e. The molecule has 0 aromatic heterocycles. The van der Waals surface area contributed by atoms with Gasteiger partial charge in [-0.3, -0.25) is 9.69 Å². The molecule has 20 heavy (non-hydrogen) atoms. The highest BCUT2D eigenvalue weighted by Gasteiger charge is 2.39. The zero-order valence-corrected chi connectivity index (χ0v) is 11.7. The lowest BCUT2D eigenvalue weighted by Gasteiger charge is -2.37. The number of carboxylic acids is 1. The van der Waals surface area contributed by atoms with Gasteiger partial charge in [0.05, 0.1) is 0 Å². The Morgan fingerprint density at radius 3 is 2.70 bits per heavy atom. The summed E-state index contributed by atoms with van der Waals surface area (Å²) >= 11 is 0. The number of halogens is 1. The Labute approximate surface area is 118 Å². The van der Waals surface area contributed by atoms with Crippen molar-refractivity contribution < 1.29 is 14.3 Å². The number of nitrogens with one attached hydrogen (secondary N) is 1. The minimum Gasteiger partial charge on any atom is -0.480 e. The highest BCUT2D eigenvalue weighted by atomic mass is 19.1. The minimum absolute atomic E-state index is 0.301. The predicted molar refractivity (Wildman–Crippen MR) is 75.2 cm³/mol. The fraction of sp³-hybridized carbons (Fsp3) is 0.533. The molecule has 2 rings (SSSR count). The first-order chi connectivity index (χ1) is 9.52. The number of hydrogen-bond donors (Lipinski definition) is 2. The lowest BCUT2D eigenvalue weighted by Crippen LogP contribution is -2.55. The zero-order valence-electron chi connectivity index (χ0n) is 11.7. The molecule has 5 heteroatoms. The monoisotopic (exact) mass is 280 g/mol. The number of rotatable bonds is 4. The maximum Gasteiger partial charge on any atom is 0.324 e. The molecule has 0 spiro atoms. The Hall–Kier alpha value is -1.46. The van der Waals surface area contributed by atoms with Crippen LogP contribution in [0.3, 0.4) is 0 Å². The summed E-state index contributed by atoms with van der Waals surface area (Å²) in [5.74, 6) is -1.13. The van der Waals surface area contributed by atoms with E-state index in [4.69, 9.17) is 0 Å².